The van der Waals surface area contributed by atoms with Crippen molar-refractivity contribution in [1.29, 1.82) is 0 Å². The summed E-state index contributed by atoms with van der Waals surface area (Å²) in [6.45, 7) is 3.34. The second-order valence-electron chi connectivity index (χ2n) is 6.69. The molecule has 1 aliphatic carbocycles. The van der Waals surface area contributed by atoms with Crippen LogP contribution in [0.3, 0.4) is 0 Å². The molecule has 1 spiro atoms. The summed E-state index contributed by atoms with van der Waals surface area (Å²) in [5.74, 6) is 0. The highest BCUT2D eigenvalue weighted by Gasteiger charge is 2.45. The zero-order valence-electron chi connectivity index (χ0n) is 12.9. The Bertz CT molecular complexity index is 578. The van der Waals surface area contributed by atoms with Gasteiger partial charge in [-0.1, -0.05) is 24.1 Å². The van der Waals surface area contributed by atoms with Crippen molar-refractivity contribution < 1.29 is 9.90 Å². The number of carbonyl (C=O) groups is 1. The molecule has 0 unspecified atom stereocenters. The molecule has 5 heteroatoms. The van der Waals surface area contributed by atoms with E-state index >= 15 is 0 Å². The first-order valence-corrected chi connectivity index (χ1v) is 8.38. The van der Waals surface area contributed by atoms with Crippen molar-refractivity contribution in [3.05, 3.63) is 28.8 Å². The van der Waals surface area contributed by atoms with E-state index in [1.807, 2.05) is 24.0 Å². The summed E-state index contributed by atoms with van der Waals surface area (Å²) in [6.07, 6.45) is 4.66. The Morgan fingerprint density at radius 2 is 2.18 bits per heavy atom. The van der Waals surface area contributed by atoms with Crippen LogP contribution >= 0.6 is 11.6 Å². The number of piperidine rings is 1. The number of nitrogens with one attached hydrogen (secondary N) is 1. The number of hydrogen-bond acceptors (Lipinski definition) is 2. The fourth-order valence-electron chi connectivity index (χ4n) is 3.80. The molecular formula is C17H23ClN2O2. The highest BCUT2D eigenvalue weighted by atomic mass is 35.5. The number of likely N-dealkylation sites (tertiary alicyclic amines) is 1. The molecule has 2 atom stereocenters. The van der Waals surface area contributed by atoms with Gasteiger partial charge in [0.2, 0.25) is 0 Å². The lowest BCUT2D eigenvalue weighted by Gasteiger charge is -2.42. The van der Waals surface area contributed by atoms with E-state index in [-0.39, 0.29) is 17.6 Å². The van der Waals surface area contributed by atoms with Gasteiger partial charge in [-0.15, -0.1) is 0 Å². The number of benzene rings is 1. The Labute approximate surface area is 136 Å². The maximum atomic E-state index is 12.5. The molecule has 1 heterocycles. The second kappa shape index (κ2) is 6.09. The van der Waals surface area contributed by atoms with E-state index in [4.69, 9.17) is 11.6 Å². The second-order valence-corrected chi connectivity index (χ2v) is 7.10. The lowest BCUT2D eigenvalue weighted by atomic mass is 9.77. The van der Waals surface area contributed by atoms with E-state index in [0.29, 0.717) is 17.3 Å². The van der Waals surface area contributed by atoms with Crippen molar-refractivity contribution in [1.82, 2.24) is 4.90 Å². The van der Waals surface area contributed by atoms with Crippen LogP contribution in [-0.4, -0.2) is 35.2 Å². The summed E-state index contributed by atoms with van der Waals surface area (Å²) in [5.41, 5.74) is 1.62. The van der Waals surface area contributed by atoms with Crippen molar-refractivity contribution in [3.8, 4) is 0 Å². The van der Waals surface area contributed by atoms with Crippen LogP contribution < -0.4 is 5.32 Å². The van der Waals surface area contributed by atoms with Gasteiger partial charge in [0.1, 0.15) is 0 Å². The van der Waals surface area contributed by atoms with Gasteiger partial charge < -0.3 is 15.3 Å². The molecule has 1 saturated heterocycles. The molecule has 2 N–H and O–H groups in total. The van der Waals surface area contributed by atoms with Gasteiger partial charge in [-0.25, -0.2) is 4.79 Å². The molecule has 1 aliphatic heterocycles. The number of halogens is 1. The lowest BCUT2D eigenvalue weighted by molar-refractivity contribution is 0.00400. The molecule has 2 fully saturated rings. The Hall–Kier alpha value is -1.26. The minimum Gasteiger partial charge on any atom is -0.392 e. The number of amides is 2. The van der Waals surface area contributed by atoms with Gasteiger partial charge in [0.05, 0.1) is 6.10 Å². The first-order chi connectivity index (χ1) is 10.5. The zero-order chi connectivity index (χ0) is 15.7. The third-order valence-electron chi connectivity index (χ3n) is 5.18. The van der Waals surface area contributed by atoms with Crippen molar-refractivity contribution >= 4 is 23.3 Å². The molecule has 4 nitrogen and oxygen atoms in total. The van der Waals surface area contributed by atoms with Crippen molar-refractivity contribution in [2.24, 2.45) is 5.41 Å². The van der Waals surface area contributed by atoms with Crippen molar-refractivity contribution in [2.45, 2.75) is 45.1 Å². The molecule has 3 rings (SSSR count). The molecule has 2 aliphatic rings. The summed E-state index contributed by atoms with van der Waals surface area (Å²) in [4.78, 5) is 14.3. The van der Waals surface area contributed by atoms with Crippen LogP contribution in [0.25, 0.3) is 0 Å². The Kier molecular flexibility index (Phi) is 4.33. The maximum absolute atomic E-state index is 12.5. The van der Waals surface area contributed by atoms with Gasteiger partial charge in [-0.05, 0) is 50.3 Å². The average Bonchev–Trinajstić information content (AvgIpc) is 2.83. The molecule has 2 amide bonds. The summed E-state index contributed by atoms with van der Waals surface area (Å²) in [6, 6.07) is 5.44. The van der Waals surface area contributed by atoms with E-state index in [1.165, 1.54) is 0 Å². The Morgan fingerprint density at radius 3 is 2.86 bits per heavy atom. The third kappa shape index (κ3) is 2.95. The van der Waals surface area contributed by atoms with Crippen LogP contribution in [0.15, 0.2) is 18.2 Å². The molecule has 0 radical (unpaired) electrons. The smallest absolute Gasteiger partial charge is 0.321 e. The molecule has 120 valence electrons. The number of aryl methyl sites for hydroxylation is 1. The predicted octanol–water partition coefficient (Wildman–Crippen LogP) is 3.81. The van der Waals surface area contributed by atoms with Crippen LogP contribution in [0.1, 0.15) is 37.7 Å². The van der Waals surface area contributed by atoms with Gasteiger partial charge >= 0.3 is 6.03 Å². The van der Waals surface area contributed by atoms with Gasteiger partial charge in [-0.2, -0.15) is 0 Å². The maximum Gasteiger partial charge on any atom is 0.321 e. The molecular weight excluding hydrogens is 300 g/mol. The van der Waals surface area contributed by atoms with Crippen LogP contribution in [0.2, 0.25) is 5.02 Å². The number of rotatable bonds is 1. The fraction of sp³-hybridized carbons (Fsp3) is 0.588. The van der Waals surface area contributed by atoms with Gasteiger partial charge in [0, 0.05) is 29.2 Å². The first-order valence-electron chi connectivity index (χ1n) is 8.00. The van der Waals surface area contributed by atoms with Crippen molar-refractivity contribution in [2.75, 3.05) is 18.4 Å². The molecule has 22 heavy (non-hydrogen) atoms. The summed E-state index contributed by atoms with van der Waals surface area (Å²) < 4.78 is 0. The van der Waals surface area contributed by atoms with Crippen LogP contribution in [0.5, 0.6) is 0 Å². The van der Waals surface area contributed by atoms with Crippen molar-refractivity contribution in [3.63, 3.8) is 0 Å². The number of aliphatic hydroxyl groups is 1. The monoisotopic (exact) mass is 322 g/mol. The Balaban J connectivity index is 1.68. The van der Waals surface area contributed by atoms with E-state index in [0.717, 1.165) is 44.2 Å². The highest BCUT2D eigenvalue weighted by Crippen LogP contribution is 2.45. The fourth-order valence-corrected chi connectivity index (χ4v) is 3.98. The molecule has 1 aromatic rings. The number of hydrogen-bond donors (Lipinski definition) is 2. The normalized spacial score (nSPS) is 28.1. The summed E-state index contributed by atoms with van der Waals surface area (Å²) in [7, 11) is 0. The van der Waals surface area contributed by atoms with Gasteiger partial charge in [0.25, 0.3) is 0 Å². The molecule has 1 saturated carbocycles. The first kappa shape index (κ1) is 15.6. The standard InChI is InChI=1S/C17H23ClN2O2/c1-12-5-6-13(10-14(12)18)19-16(22)20-9-3-8-17(11-20)7-2-4-15(17)21/h5-6,10,15,21H,2-4,7-9,11H2,1H3,(H,19,22)/t15-,17+/m1/s1. The number of aliphatic hydroxyl groups excluding tert-OH is 1. The van der Waals surface area contributed by atoms with Crippen LogP contribution in [-0.2, 0) is 0 Å². The van der Waals surface area contributed by atoms with Gasteiger partial charge in [0.15, 0.2) is 0 Å². The van der Waals surface area contributed by atoms with Crippen LogP contribution in [0, 0.1) is 12.3 Å². The molecule has 1 aromatic carbocycles. The van der Waals surface area contributed by atoms with E-state index in [2.05, 4.69) is 5.32 Å². The topological polar surface area (TPSA) is 52.6 Å². The average molecular weight is 323 g/mol. The largest absolute Gasteiger partial charge is 0.392 e. The minimum absolute atomic E-state index is 0.0828. The summed E-state index contributed by atoms with van der Waals surface area (Å²) >= 11 is 6.10. The number of urea groups is 1. The van der Waals surface area contributed by atoms with Crippen LogP contribution in [0.4, 0.5) is 10.5 Å². The zero-order valence-corrected chi connectivity index (χ0v) is 13.7. The van der Waals surface area contributed by atoms with E-state index < -0.39 is 0 Å². The quantitative estimate of drug-likeness (QED) is 0.826. The third-order valence-corrected chi connectivity index (χ3v) is 5.59. The number of carbonyl (C=O) groups excluding carboxylic acids is 1. The minimum atomic E-state index is -0.267. The van der Waals surface area contributed by atoms with Gasteiger partial charge in [-0.3, -0.25) is 0 Å². The SMILES string of the molecule is Cc1ccc(NC(=O)N2CCC[C@@]3(CCC[C@H]3O)C2)cc1Cl. The Morgan fingerprint density at radius 1 is 1.41 bits per heavy atom. The summed E-state index contributed by atoms with van der Waals surface area (Å²) in [5, 5.41) is 13.9. The molecule has 0 aromatic heterocycles. The highest BCUT2D eigenvalue weighted by molar-refractivity contribution is 6.31. The van der Waals surface area contributed by atoms with E-state index in [9.17, 15) is 9.90 Å². The molecule has 0 bridgehead atoms. The van der Waals surface area contributed by atoms with E-state index in [1.54, 1.807) is 6.07 Å². The number of anilines is 1. The lowest BCUT2D eigenvalue weighted by Crippen LogP contribution is -2.50. The number of nitrogens with zero attached hydrogens (tertiary/aromatic N) is 1. The predicted molar refractivity (Wildman–Crippen MR) is 88.3 cm³/mol.